The number of carbonyl (C=O) groups is 1. The fourth-order valence-electron chi connectivity index (χ4n) is 0.809. The summed E-state index contributed by atoms with van der Waals surface area (Å²) in [6.45, 7) is 1.99. The zero-order valence-corrected chi connectivity index (χ0v) is 7.84. The third-order valence-corrected chi connectivity index (χ3v) is 1.57. The lowest BCUT2D eigenvalue weighted by Crippen LogP contribution is -2.10. The lowest BCUT2D eigenvalue weighted by atomic mass is 10.3. The largest absolute Gasteiger partial charge is 0.461 e. The fourth-order valence-corrected chi connectivity index (χ4v) is 0.957. The van der Waals surface area contributed by atoms with E-state index in [-0.39, 0.29) is 23.1 Å². The van der Waals surface area contributed by atoms with Crippen molar-refractivity contribution in [2.45, 2.75) is 6.92 Å². The molecule has 0 saturated carbocycles. The van der Waals surface area contributed by atoms with Gasteiger partial charge in [0, 0.05) is 0 Å². The third kappa shape index (κ3) is 2.32. The zero-order chi connectivity index (χ0) is 9.84. The molecule has 0 saturated heterocycles. The average molecular weight is 201 g/mol. The van der Waals surface area contributed by atoms with Crippen molar-refractivity contribution in [2.24, 2.45) is 0 Å². The summed E-state index contributed by atoms with van der Waals surface area (Å²) in [6, 6.07) is 3.03. The van der Waals surface area contributed by atoms with Gasteiger partial charge in [0.1, 0.15) is 5.15 Å². The van der Waals surface area contributed by atoms with E-state index in [2.05, 4.69) is 4.98 Å². The number of hydrogen-bond acceptors (Lipinski definition) is 4. The summed E-state index contributed by atoms with van der Waals surface area (Å²) < 4.78 is 4.72. The van der Waals surface area contributed by atoms with Crippen LogP contribution in [0, 0.1) is 0 Å². The first kappa shape index (κ1) is 9.80. The van der Waals surface area contributed by atoms with Crippen LogP contribution in [0.25, 0.3) is 0 Å². The number of rotatable bonds is 2. The number of ether oxygens (including phenoxy) is 1. The number of nitrogens with zero attached hydrogens (tertiary/aromatic N) is 1. The molecule has 0 aliphatic rings. The van der Waals surface area contributed by atoms with Gasteiger partial charge in [-0.25, -0.2) is 9.78 Å². The standard InChI is InChI=1S/C8H9ClN2O2/c1-2-13-8(12)7-5(10)3-4-6(9)11-7/h3-4H,2,10H2,1H3. The van der Waals surface area contributed by atoms with Gasteiger partial charge >= 0.3 is 5.97 Å². The van der Waals surface area contributed by atoms with Crippen molar-refractivity contribution >= 4 is 23.3 Å². The molecule has 1 aromatic rings. The van der Waals surface area contributed by atoms with Crippen molar-refractivity contribution in [3.05, 3.63) is 23.0 Å². The summed E-state index contributed by atoms with van der Waals surface area (Å²) in [5.74, 6) is -0.553. The van der Waals surface area contributed by atoms with Crippen molar-refractivity contribution < 1.29 is 9.53 Å². The highest BCUT2D eigenvalue weighted by molar-refractivity contribution is 6.29. The monoisotopic (exact) mass is 200 g/mol. The topological polar surface area (TPSA) is 65.2 Å². The molecule has 0 unspecified atom stereocenters. The van der Waals surface area contributed by atoms with E-state index in [1.165, 1.54) is 12.1 Å². The molecule has 70 valence electrons. The summed E-state index contributed by atoms with van der Waals surface area (Å²) in [5.41, 5.74) is 5.83. The highest BCUT2D eigenvalue weighted by atomic mass is 35.5. The Balaban J connectivity index is 2.99. The molecule has 2 N–H and O–H groups in total. The molecule has 1 rings (SSSR count). The van der Waals surface area contributed by atoms with E-state index in [9.17, 15) is 4.79 Å². The van der Waals surface area contributed by atoms with Gasteiger partial charge < -0.3 is 10.5 Å². The van der Waals surface area contributed by atoms with Crippen LogP contribution >= 0.6 is 11.6 Å². The average Bonchev–Trinajstić information content (AvgIpc) is 2.09. The van der Waals surface area contributed by atoms with Crippen molar-refractivity contribution in [3.63, 3.8) is 0 Å². The molecule has 0 bridgehead atoms. The van der Waals surface area contributed by atoms with E-state index in [4.69, 9.17) is 22.1 Å². The Morgan fingerprint density at radius 3 is 3.00 bits per heavy atom. The Bertz CT molecular complexity index is 328. The number of carbonyl (C=O) groups excluding carboxylic acids is 1. The lowest BCUT2D eigenvalue weighted by molar-refractivity contribution is 0.0521. The fraction of sp³-hybridized carbons (Fsp3) is 0.250. The van der Waals surface area contributed by atoms with Crippen molar-refractivity contribution in [2.75, 3.05) is 12.3 Å². The van der Waals surface area contributed by atoms with Crippen molar-refractivity contribution in [1.29, 1.82) is 0 Å². The molecule has 0 aromatic carbocycles. The molecule has 0 aliphatic carbocycles. The van der Waals surface area contributed by atoms with E-state index in [0.29, 0.717) is 0 Å². The molecular formula is C8H9ClN2O2. The Morgan fingerprint density at radius 2 is 2.38 bits per heavy atom. The Kier molecular flexibility index (Phi) is 3.08. The number of halogens is 1. The second-order valence-electron chi connectivity index (χ2n) is 2.29. The van der Waals surface area contributed by atoms with Gasteiger partial charge in [-0.05, 0) is 19.1 Å². The van der Waals surface area contributed by atoms with Crippen LogP contribution in [0.15, 0.2) is 12.1 Å². The summed E-state index contributed by atoms with van der Waals surface area (Å²) in [4.78, 5) is 15.0. The molecule has 0 amide bonds. The molecule has 13 heavy (non-hydrogen) atoms. The van der Waals surface area contributed by atoms with E-state index in [1.54, 1.807) is 6.92 Å². The van der Waals surface area contributed by atoms with Gasteiger partial charge in [0.15, 0.2) is 5.69 Å². The van der Waals surface area contributed by atoms with Crippen LogP contribution in [-0.4, -0.2) is 17.6 Å². The van der Waals surface area contributed by atoms with E-state index >= 15 is 0 Å². The van der Waals surface area contributed by atoms with E-state index < -0.39 is 5.97 Å². The SMILES string of the molecule is CCOC(=O)c1nc(Cl)ccc1N. The van der Waals surface area contributed by atoms with Gasteiger partial charge in [0.2, 0.25) is 0 Å². The predicted molar refractivity (Wildman–Crippen MR) is 49.6 cm³/mol. The Labute approximate surface area is 80.7 Å². The summed E-state index contributed by atoms with van der Waals surface area (Å²) in [6.07, 6.45) is 0. The molecule has 0 spiro atoms. The molecule has 5 heteroatoms. The Morgan fingerprint density at radius 1 is 1.69 bits per heavy atom. The maximum Gasteiger partial charge on any atom is 0.359 e. The molecule has 0 radical (unpaired) electrons. The highest BCUT2D eigenvalue weighted by Gasteiger charge is 2.12. The number of aromatic nitrogens is 1. The summed E-state index contributed by atoms with van der Waals surface area (Å²) in [5, 5.41) is 0.220. The molecule has 0 fully saturated rings. The zero-order valence-electron chi connectivity index (χ0n) is 7.08. The lowest BCUT2D eigenvalue weighted by Gasteiger charge is -2.03. The van der Waals surface area contributed by atoms with Crippen molar-refractivity contribution in [1.82, 2.24) is 4.98 Å². The van der Waals surface area contributed by atoms with Crippen LogP contribution in [0.5, 0.6) is 0 Å². The van der Waals surface area contributed by atoms with Gasteiger partial charge in [-0.1, -0.05) is 11.6 Å². The number of nitrogens with two attached hydrogens (primary N) is 1. The maximum absolute atomic E-state index is 11.2. The highest BCUT2D eigenvalue weighted by Crippen LogP contribution is 2.14. The van der Waals surface area contributed by atoms with E-state index in [1.807, 2.05) is 0 Å². The minimum atomic E-state index is -0.553. The van der Waals surface area contributed by atoms with Gasteiger partial charge in [-0.15, -0.1) is 0 Å². The van der Waals surface area contributed by atoms with Gasteiger partial charge in [0.05, 0.1) is 12.3 Å². The maximum atomic E-state index is 11.2. The second-order valence-corrected chi connectivity index (χ2v) is 2.68. The van der Waals surface area contributed by atoms with Gasteiger partial charge in [-0.3, -0.25) is 0 Å². The molecule has 0 aliphatic heterocycles. The minimum absolute atomic E-state index is 0.0642. The van der Waals surface area contributed by atoms with Crippen molar-refractivity contribution in [3.8, 4) is 0 Å². The number of nitrogen functional groups attached to an aromatic ring is 1. The number of pyridine rings is 1. The molecular weight excluding hydrogens is 192 g/mol. The van der Waals surface area contributed by atoms with Crippen LogP contribution in [0.3, 0.4) is 0 Å². The second kappa shape index (κ2) is 4.09. The number of anilines is 1. The first-order valence-electron chi connectivity index (χ1n) is 3.74. The first-order chi connectivity index (χ1) is 6.15. The number of esters is 1. The van der Waals surface area contributed by atoms with Crippen LogP contribution in [0.1, 0.15) is 17.4 Å². The molecule has 4 nitrogen and oxygen atoms in total. The van der Waals surface area contributed by atoms with Crippen LogP contribution < -0.4 is 5.73 Å². The smallest absolute Gasteiger partial charge is 0.359 e. The number of hydrogen-bond donors (Lipinski definition) is 1. The minimum Gasteiger partial charge on any atom is -0.461 e. The van der Waals surface area contributed by atoms with Gasteiger partial charge in [-0.2, -0.15) is 0 Å². The van der Waals surface area contributed by atoms with Crippen LogP contribution in [-0.2, 0) is 4.74 Å². The molecule has 1 aromatic heterocycles. The van der Waals surface area contributed by atoms with Crippen LogP contribution in [0.4, 0.5) is 5.69 Å². The van der Waals surface area contributed by atoms with E-state index in [0.717, 1.165) is 0 Å². The predicted octanol–water partition coefficient (Wildman–Crippen LogP) is 1.49. The summed E-state index contributed by atoms with van der Waals surface area (Å²) >= 11 is 5.59. The Hall–Kier alpha value is -1.29. The quantitative estimate of drug-likeness (QED) is 0.580. The summed E-state index contributed by atoms with van der Waals surface area (Å²) in [7, 11) is 0. The van der Waals surface area contributed by atoms with Crippen LogP contribution in [0.2, 0.25) is 5.15 Å². The molecule has 1 heterocycles. The van der Waals surface area contributed by atoms with Gasteiger partial charge in [0.25, 0.3) is 0 Å². The third-order valence-electron chi connectivity index (χ3n) is 1.36. The molecule has 0 atom stereocenters. The normalized spacial score (nSPS) is 9.69. The first-order valence-corrected chi connectivity index (χ1v) is 4.12.